The smallest absolute Gasteiger partial charge is 0.461 e. The molecule has 0 saturated carbocycles. The van der Waals surface area contributed by atoms with E-state index in [-0.39, 0.29) is 67.9 Å². The van der Waals surface area contributed by atoms with Crippen LogP contribution < -0.4 is 14.4 Å². The molecule has 0 unspecified atom stereocenters. The van der Waals surface area contributed by atoms with Crippen molar-refractivity contribution in [1.29, 1.82) is 0 Å². The van der Waals surface area contributed by atoms with Gasteiger partial charge in [-0.1, -0.05) is 121 Å². The second-order valence-electron chi connectivity index (χ2n) is 18.6. The van der Waals surface area contributed by atoms with Crippen LogP contribution in [-0.2, 0) is 21.4 Å². The van der Waals surface area contributed by atoms with Crippen LogP contribution in [0.4, 0.5) is 19.4 Å². The summed E-state index contributed by atoms with van der Waals surface area (Å²) in [7, 11) is 0. The van der Waals surface area contributed by atoms with Gasteiger partial charge in [0, 0.05) is 48.3 Å². The molecule has 72 heavy (non-hydrogen) atoms. The van der Waals surface area contributed by atoms with E-state index in [0.29, 0.717) is 58.6 Å². The van der Waals surface area contributed by atoms with E-state index in [0.717, 1.165) is 36.1 Å². The summed E-state index contributed by atoms with van der Waals surface area (Å²) in [5.41, 5.74) is 2.68. The average molecular weight is 993 g/mol. The molecule has 5 aromatic carbocycles. The fourth-order valence-corrected chi connectivity index (χ4v) is 11.4. The molecule has 368 valence electrons. The van der Waals surface area contributed by atoms with E-state index in [1.807, 2.05) is 76.3 Å². The fraction of sp³-hybridized carbons (Fsp3) is 0.304. The standard InChI is InChI=1S/C56H52ClF2N7O6/c57-46-29-47-44(32-61-66(47)56(37-15-5-1-6-16-37,38-17-7-2-8-18-38)39-19-9-3-10-20-39)48(43(46)23-13-27-67)51-49(59)50-45(31-60-51)52(63-53(62-50)70-36-55-24-14-25-65(55)33-40(58)30-55)64-26-28-69-35-42(34-64)72-54(68)71-41-21-11-4-12-22-41/h1-12,15-22,29,31-32,40,42,67H,13-14,23-28,30,33-36H2/t40-,42+,55+/m1/s1. The predicted octanol–water partition coefficient (Wildman–Crippen LogP) is 9.98. The van der Waals surface area contributed by atoms with Gasteiger partial charge in [-0.2, -0.15) is 15.1 Å². The number of nitrogens with zero attached hydrogens (tertiary/aromatic N) is 7. The van der Waals surface area contributed by atoms with Gasteiger partial charge >= 0.3 is 12.2 Å². The van der Waals surface area contributed by atoms with Gasteiger partial charge < -0.3 is 29.0 Å². The number of halogens is 3. The minimum absolute atomic E-state index is 0.0384. The molecular formula is C56H52ClF2N7O6. The normalized spacial score (nSPS) is 19.4. The molecule has 13 nitrogen and oxygen atoms in total. The Kier molecular flexibility index (Phi) is 13.3. The number of benzene rings is 5. The lowest BCUT2D eigenvalue weighted by Crippen LogP contribution is -2.43. The zero-order valence-corrected chi connectivity index (χ0v) is 40.1. The Hall–Kier alpha value is -7.04. The molecule has 0 bridgehead atoms. The largest absolute Gasteiger partial charge is 0.514 e. The highest BCUT2D eigenvalue weighted by Gasteiger charge is 2.49. The van der Waals surface area contributed by atoms with Crippen molar-refractivity contribution >= 4 is 45.4 Å². The molecule has 3 saturated heterocycles. The van der Waals surface area contributed by atoms with Gasteiger partial charge in [0.1, 0.15) is 47.2 Å². The molecule has 16 heteroatoms. The number of hydrogen-bond donors (Lipinski definition) is 1. The van der Waals surface area contributed by atoms with Crippen LogP contribution in [-0.4, -0.2) is 111 Å². The van der Waals surface area contributed by atoms with Gasteiger partial charge in [0.15, 0.2) is 5.82 Å². The predicted molar refractivity (Wildman–Crippen MR) is 270 cm³/mol. The Morgan fingerprint density at radius 1 is 0.875 bits per heavy atom. The third-order valence-electron chi connectivity index (χ3n) is 14.3. The first-order chi connectivity index (χ1) is 35.3. The Morgan fingerprint density at radius 3 is 2.24 bits per heavy atom. The summed E-state index contributed by atoms with van der Waals surface area (Å²) in [6.45, 7) is 1.74. The van der Waals surface area contributed by atoms with E-state index in [1.165, 1.54) is 6.20 Å². The lowest BCUT2D eigenvalue weighted by Gasteiger charge is -2.37. The first-order valence-electron chi connectivity index (χ1n) is 24.4. The van der Waals surface area contributed by atoms with Crippen LogP contribution in [0.3, 0.4) is 0 Å². The Bertz CT molecular complexity index is 3120. The molecule has 3 aromatic heterocycles. The van der Waals surface area contributed by atoms with Crippen LogP contribution >= 0.6 is 11.6 Å². The summed E-state index contributed by atoms with van der Waals surface area (Å²) < 4.78 is 58.8. The van der Waals surface area contributed by atoms with E-state index in [1.54, 1.807) is 30.5 Å². The Morgan fingerprint density at radius 2 is 1.56 bits per heavy atom. The maximum absolute atomic E-state index is 18.3. The lowest BCUT2D eigenvalue weighted by molar-refractivity contribution is 0.0172. The summed E-state index contributed by atoms with van der Waals surface area (Å²) in [6.07, 6.45) is 3.15. The number of rotatable bonds is 14. The van der Waals surface area contributed by atoms with Crippen LogP contribution in [0.5, 0.6) is 11.8 Å². The number of hydrogen-bond acceptors (Lipinski definition) is 12. The molecule has 0 spiro atoms. The second-order valence-corrected chi connectivity index (χ2v) is 19.0. The molecule has 1 N–H and O–H groups in total. The van der Waals surface area contributed by atoms with E-state index >= 15 is 4.39 Å². The minimum Gasteiger partial charge on any atom is -0.461 e. The van der Waals surface area contributed by atoms with Gasteiger partial charge in [0.2, 0.25) is 0 Å². The molecule has 3 aliphatic rings. The molecule has 11 rings (SSSR count). The fourth-order valence-electron chi connectivity index (χ4n) is 11.1. The van der Waals surface area contributed by atoms with Gasteiger partial charge in [0.05, 0.1) is 42.4 Å². The SMILES string of the molecule is O=C(Oc1ccccc1)O[C@@H]1COCCN(c2nc(OC[C@@]34CCCN3C[C@H](F)C4)nc3c(F)c(-c4c(CCCO)c(Cl)cc5c4cnn5C(c4ccccc4)(c4ccccc4)c4ccccc4)ncc23)C1. The molecule has 8 aromatic rings. The topological polar surface area (TPSA) is 137 Å². The molecular weight excluding hydrogens is 940 g/mol. The molecule has 6 heterocycles. The van der Waals surface area contributed by atoms with Gasteiger partial charge in [-0.15, -0.1) is 0 Å². The number of para-hydroxylation sites is 1. The van der Waals surface area contributed by atoms with Crippen LogP contribution in [0.2, 0.25) is 5.02 Å². The van der Waals surface area contributed by atoms with Crippen molar-refractivity contribution in [3.63, 3.8) is 0 Å². The number of anilines is 1. The van der Waals surface area contributed by atoms with E-state index in [4.69, 9.17) is 50.6 Å². The molecule has 3 aliphatic heterocycles. The molecule has 3 fully saturated rings. The number of aliphatic hydroxyl groups is 1. The van der Waals surface area contributed by atoms with Crippen molar-refractivity contribution in [1.82, 2.24) is 29.6 Å². The van der Waals surface area contributed by atoms with Crippen molar-refractivity contribution in [2.24, 2.45) is 0 Å². The highest BCUT2D eigenvalue weighted by molar-refractivity contribution is 6.33. The van der Waals surface area contributed by atoms with Crippen molar-refractivity contribution in [3.8, 4) is 23.0 Å². The highest BCUT2D eigenvalue weighted by Crippen LogP contribution is 2.47. The summed E-state index contributed by atoms with van der Waals surface area (Å²) >= 11 is 7.39. The van der Waals surface area contributed by atoms with Crippen LogP contribution in [0.15, 0.2) is 140 Å². The van der Waals surface area contributed by atoms with Crippen LogP contribution in [0, 0.1) is 5.82 Å². The lowest BCUT2D eigenvalue weighted by atomic mass is 9.77. The summed E-state index contributed by atoms with van der Waals surface area (Å²) in [6, 6.07) is 40.7. The van der Waals surface area contributed by atoms with E-state index in [9.17, 15) is 14.3 Å². The zero-order valence-electron chi connectivity index (χ0n) is 39.4. The number of fused-ring (bicyclic) bond motifs is 3. The molecule has 0 radical (unpaired) electrons. The third kappa shape index (κ3) is 8.78. The van der Waals surface area contributed by atoms with Gasteiger partial charge in [-0.25, -0.2) is 18.3 Å². The number of pyridine rings is 1. The summed E-state index contributed by atoms with van der Waals surface area (Å²) in [5.74, 6) is -0.163. The van der Waals surface area contributed by atoms with Crippen LogP contribution in [0.25, 0.3) is 33.1 Å². The highest BCUT2D eigenvalue weighted by atomic mass is 35.5. The van der Waals surface area contributed by atoms with Crippen molar-refractivity contribution in [3.05, 3.63) is 173 Å². The van der Waals surface area contributed by atoms with Crippen molar-refractivity contribution < 1.29 is 37.6 Å². The van der Waals surface area contributed by atoms with Crippen molar-refractivity contribution in [2.45, 2.75) is 55.5 Å². The van der Waals surface area contributed by atoms with Gasteiger partial charge in [-0.3, -0.25) is 9.88 Å². The number of ether oxygens (including phenoxy) is 4. The molecule has 3 atom stereocenters. The third-order valence-corrected chi connectivity index (χ3v) is 14.6. The van der Waals surface area contributed by atoms with E-state index < -0.39 is 35.3 Å². The number of aromatic nitrogens is 5. The van der Waals surface area contributed by atoms with E-state index in [2.05, 4.69) is 41.3 Å². The van der Waals surface area contributed by atoms with Gasteiger partial charge in [-0.05, 0) is 72.7 Å². The number of carbonyl (C=O) groups is 1. The monoisotopic (exact) mass is 991 g/mol. The Labute approximate surface area is 419 Å². The maximum Gasteiger partial charge on any atom is 0.514 e. The first kappa shape index (κ1) is 47.3. The first-order valence-corrected chi connectivity index (χ1v) is 24.8. The zero-order chi connectivity index (χ0) is 49.2. The summed E-state index contributed by atoms with van der Waals surface area (Å²) in [4.78, 5) is 31.6. The average Bonchev–Trinajstić information content (AvgIpc) is 4.03. The number of alkyl halides is 1. The molecule has 0 amide bonds. The van der Waals surface area contributed by atoms with Crippen molar-refractivity contribution in [2.75, 3.05) is 57.5 Å². The molecule has 0 aliphatic carbocycles. The Balaban J connectivity index is 1.07. The van der Waals surface area contributed by atoms with Crippen LogP contribution in [0.1, 0.15) is 47.9 Å². The number of carbonyl (C=O) groups excluding carboxylic acids is 1. The maximum atomic E-state index is 18.3. The van der Waals surface area contributed by atoms with Gasteiger partial charge in [0.25, 0.3) is 0 Å². The summed E-state index contributed by atoms with van der Waals surface area (Å²) in [5, 5.41) is 16.5. The minimum atomic E-state index is -1.03. The second kappa shape index (κ2) is 20.2. The quantitative estimate of drug-likeness (QED) is 0.0631. The number of aliphatic hydroxyl groups excluding tert-OH is 1.